The Morgan fingerprint density at radius 2 is 2.36 bits per heavy atom. The predicted octanol–water partition coefficient (Wildman–Crippen LogP) is -0.476. The van der Waals surface area contributed by atoms with Crippen LogP contribution in [0.15, 0.2) is 0 Å². The van der Waals surface area contributed by atoms with E-state index in [1.54, 1.807) is 6.07 Å². The first kappa shape index (κ1) is 11.4. The molecule has 1 heterocycles. The summed E-state index contributed by atoms with van der Waals surface area (Å²) in [6, 6.07) is 1.91. The van der Waals surface area contributed by atoms with Gasteiger partial charge >= 0.3 is 0 Å². The fourth-order valence-corrected chi connectivity index (χ4v) is 2.31. The highest BCUT2D eigenvalue weighted by molar-refractivity contribution is 7.89. The number of hydrogen-bond donors (Lipinski definition) is 1. The highest BCUT2D eigenvalue weighted by Gasteiger charge is 2.22. The largest absolute Gasteiger partial charge is 0.302 e. The number of likely N-dealkylation sites (N-methyl/N-ethyl adjacent to an activating group) is 1. The maximum atomic E-state index is 11.1. The lowest BCUT2D eigenvalue weighted by Crippen LogP contribution is -2.38. The quantitative estimate of drug-likeness (QED) is 0.690. The molecule has 5 nitrogen and oxygen atoms in total. The second-order valence-electron chi connectivity index (χ2n) is 3.54. The van der Waals surface area contributed by atoms with Gasteiger partial charge in [-0.1, -0.05) is 0 Å². The fourth-order valence-electron chi connectivity index (χ4n) is 1.60. The van der Waals surface area contributed by atoms with Crippen LogP contribution in [-0.2, 0) is 10.0 Å². The van der Waals surface area contributed by atoms with Crippen molar-refractivity contribution in [3.63, 3.8) is 0 Å². The summed E-state index contributed by atoms with van der Waals surface area (Å²) in [6.07, 6.45) is 2.13. The third kappa shape index (κ3) is 3.25. The Morgan fingerprint density at radius 1 is 1.64 bits per heavy atom. The molecular formula is C8H15N3O2S. The Morgan fingerprint density at radius 3 is 2.86 bits per heavy atom. The number of nitrogens with zero attached hydrogens (tertiary/aromatic N) is 2. The minimum absolute atomic E-state index is 0.281. The van der Waals surface area contributed by atoms with Crippen LogP contribution in [0.25, 0.3) is 0 Å². The number of hydrogen-bond acceptors (Lipinski definition) is 4. The van der Waals surface area contributed by atoms with Gasteiger partial charge in [-0.05, 0) is 26.4 Å². The Bertz CT molecular complexity index is 320. The Balaban J connectivity index is 2.37. The molecule has 1 N–H and O–H groups in total. The summed E-state index contributed by atoms with van der Waals surface area (Å²) in [4.78, 5) is 2.13. The van der Waals surface area contributed by atoms with Crippen LogP contribution >= 0.6 is 0 Å². The van der Waals surface area contributed by atoms with E-state index >= 15 is 0 Å². The molecule has 0 radical (unpaired) electrons. The van der Waals surface area contributed by atoms with Gasteiger partial charge in [-0.15, -0.1) is 0 Å². The van der Waals surface area contributed by atoms with Gasteiger partial charge in [0.25, 0.3) is 0 Å². The van der Waals surface area contributed by atoms with Crippen molar-refractivity contribution in [3.8, 4) is 6.07 Å². The number of likely N-dealkylation sites (tertiary alicyclic amines) is 1. The molecule has 0 aromatic carbocycles. The number of nitrogens with one attached hydrogen (secondary N) is 1. The van der Waals surface area contributed by atoms with Gasteiger partial charge in [0.15, 0.2) is 5.75 Å². The summed E-state index contributed by atoms with van der Waals surface area (Å²) in [7, 11) is -1.40. The van der Waals surface area contributed by atoms with Gasteiger partial charge < -0.3 is 4.90 Å². The maximum Gasteiger partial charge on any atom is 0.225 e. The summed E-state index contributed by atoms with van der Waals surface area (Å²) in [5, 5.41) is 8.27. The molecule has 0 aliphatic carbocycles. The van der Waals surface area contributed by atoms with Crippen LogP contribution in [0.4, 0.5) is 0 Å². The molecular weight excluding hydrogens is 202 g/mol. The van der Waals surface area contributed by atoms with E-state index in [0.29, 0.717) is 6.54 Å². The first-order valence-electron chi connectivity index (χ1n) is 4.59. The smallest absolute Gasteiger partial charge is 0.225 e. The lowest BCUT2D eigenvalue weighted by Gasteiger charge is -2.19. The van der Waals surface area contributed by atoms with Gasteiger partial charge in [0.1, 0.15) is 0 Å². The average Bonchev–Trinajstić information content (AvgIpc) is 2.48. The molecule has 0 spiro atoms. The summed E-state index contributed by atoms with van der Waals surface area (Å²) < 4.78 is 24.7. The van der Waals surface area contributed by atoms with E-state index in [1.807, 2.05) is 7.05 Å². The van der Waals surface area contributed by atoms with Crippen LogP contribution in [-0.4, -0.2) is 45.2 Å². The van der Waals surface area contributed by atoms with E-state index in [1.165, 1.54) is 0 Å². The highest BCUT2D eigenvalue weighted by Crippen LogP contribution is 2.13. The van der Waals surface area contributed by atoms with Crippen molar-refractivity contribution in [1.29, 1.82) is 5.26 Å². The summed E-state index contributed by atoms with van der Waals surface area (Å²) >= 11 is 0. The molecule has 0 aromatic heterocycles. The average molecular weight is 217 g/mol. The lowest BCUT2D eigenvalue weighted by atomic mass is 10.2. The van der Waals surface area contributed by atoms with E-state index in [4.69, 9.17) is 5.26 Å². The first-order valence-corrected chi connectivity index (χ1v) is 6.25. The molecule has 80 valence electrons. The van der Waals surface area contributed by atoms with Crippen molar-refractivity contribution in [2.24, 2.45) is 0 Å². The number of sulfonamides is 1. The van der Waals surface area contributed by atoms with Crippen LogP contribution in [0.1, 0.15) is 12.8 Å². The molecule has 14 heavy (non-hydrogen) atoms. The van der Waals surface area contributed by atoms with Gasteiger partial charge in [0.2, 0.25) is 10.0 Å². The minimum atomic E-state index is -3.38. The van der Waals surface area contributed by atoms with Crippen molar-refractivity contribution in [2.45, 2.75) is 18.9 Å². The molecule has 1 saturated heterocycles. The molecule has 0 amide bonds. The van der Waals surface area contributed by atoms with Crippen LogP contribution < -0.4 is 4.72 Å². The zero-order chi connectivity index (χ0) is 10.6. The van der Waals surface area contributed by atoms with Gasteiger partial charge in [0, 0.05) is 12.6 Å². The molecule has 1 fully saturated rings. The first-order chi connectivity index (χ1) is 6.55. The van der Waals surface area contributed by atoms with E-state index in [-0.39, 0.29) is 6.04 Å². The van der Waals surface area contributed by atoms with Crippen molar-refractivity contribution < 1.29 is 8.42 Å². The topological polar surface area (TPSA) is 73.2 Å². The SMILES string of the molecule is CN1CCCC1CNS(=O)(=O)CC#N. The van der Waals surface area contributed by atoms with Crippen molar-refractivity contribution >= 4 is 10.0 Å². The van der Waals surface area contributed by atoms with Crippen LogP contribution in [0, 0.1) is 11.3 Å². The summed E-state index contributed by atoms with van der Waals surface area (Å²) in [5.74, 6) is -0.455. The summed E-state index contributed by atoms with van der Waals surface area (Å²) in [6.45, 7) is 1.44. The van der Waals surface area contributed by atoms with Crippen molar-refractivity contribution in [1.82, 2.24) is 9.62 Å². The Kier molecular flexibility index (Phi) is 3.86. The number of nitriles is 1. The molecule has 1 unspecified atom stereocenters. The Labute approximate surface area is 84.8 Å². The summed E-state index contributed by atoms with van der Waals surface area (Å²) in [5.41, 5.74) is 0. The minimum Gasteiger partial charge on any atom is -0.302 e. The zero-order valence-electron chi connectivity index (χ0n) is 8.23. The highest BCUT2D eigenvalue weighted by atomic mass is 32.2. The van der Waals surface area contributed by atoms with E-state index in [9.17, 15) is 8.42 Å². The molecule has 0 bridgehead atoms. The third-order valence-corrected chi connectivity index (χ3v) is 3.58. The molecule has 1 aliphatic rings. The van der Waals surface area contributed by atoms with Crippen molar-refractivity contribution in [3.05, 3.63) is 0 Å². The fraction of sp³-hybridized carbons (Fsp3) is 0.875. The van der Waals surface area contributed by atoms with Crippen molar-refractivity contribution in [2.75, 3.05) is 25.9 Å². The predicted molar refractivity (Wildman–Crippen MR) is 53.1 cm³/mol. The van der Waals surface area contributed by atoms with Crippen LogP contribution in [0.2, 0.25) is 0 Å². The molecule has 1 aliphatic heterocycles. The second-order valence-corrected chi connectivity index (χ2v) is 5.35. The molecule has 1 atom stereocenters. The molecule has 1 rings (SSSR count). The van der Waals surface area contributed by atoms with E-state index in [0.717, 1.165) is 19.4 Å². The second kappa shape index (κ2) is 4.73. The van der Waals surface area contributed by atoms with Crippen LogP contribution in [0.3, 0.4) is 0 Å². The molecule has 6 heteroatoms. The van der Waals surface area contributed by atoms with Gasteiger partial charge in [-0.25, -0.2) is 13.1 Å². The molecule has 0 saturated carbocycles. The molecule has 0 aromatic rings. The van der Waals surface area contributed by atoms with E-state index in [2.05, 4.69) is 9.62 Å². The normalized spacial score (nSPS) is 23.6. The van der Waals surface area contributed by atoms with Gasteiger partial charge in [0.05, 0.1) is 6.07 Å². The van der Waals surface area contributed by atoms with Gasteiger partial charge in [-0.3, -0.25) is 0 Å². The zero-order valence-corrected chi connectivity index (χ0v) is 9.05. The third-order valence-electron chi connectivity index (χ3n) is 2.46. The maximum absolute atomic E-state index is 11.1. The van der Waals surface area contributed by atoms with E-state index < -0.39 is 15.8 Å². The van der Waals surface area contributed by atoms with Crippen LogP contribution in [0.5, 0.6) is 0 Å². The lowest BCUT2D eigenvalue weighted by molar-refractivity contribution is 0.311. The number of rotatable bonds is 4. The standard InChI is InChI=1S/C8H15N3O2S/c1-11-5-2-3-8(11)7-10-14(12,13)6-4-9/h8,10H,2-3,5-7H2,1H3. The Hall–Kier alpha value is -0.640. The monoisotopic (exact) mass is 217 g/mol. The van der Waals surface area contributed by atoms with Gasteiger partial charge in [-0.2, -0.15) is 5.26 Å².